The van der Waals surface area contributed by atoms with E-state index in [2.05, 4.69) is 22.8 Å². The highest BCUT2D eigenvalue weighted by atomic mass is 19.4. The highest BCUT2D eigenvalue weighted by Crippen LogP contribution is 2.41. The number of rotatable bonds is 6. The zero-order chi connectivity index (χ0) is 56.3. The van der Waals surface area contributed by atoms with E-state index in [0.29, 0.717) is 12.1 Å². The van der Waals surface area contributed by atoms with Crippen LogP contribution in [0.25, 0.3) is 10.9 Å². The van der Waals surface area contributed by atoms with Crippen LogP contribution in [0.3, 0.4) is 0 Å². The van der Waals surface area contributed by atoms with Gasteiger partial charge >= 0.3 is 49.4 Å². The van der Waals surface area contributed by atoms with Crippen molar-refractivity contribution in [1.29, 1.82) is 0 Å². The number of para-hydroxylation sites is 1. The largest absolute Gasteiger partial charge is 0.416 e. The monoisotopic (exact) mass is 1100 g/mol. The van der Waals surface area contributed by atoms with Gasteiger partial charge in [-0.3, -0.25) is 0 Å². The fraction of sp³-hybridized carbons (Fsp3) is 0.188. The highest BCUT2D eigenvalue weighted by molar-refractivity contribution is 7.20. The summed E-state index contributed by atoms with van der Waals surface area (Å²) in [5.74, 6) is -0.155. The van der Waals surface area contributed by atoms with Gasteiger partial charge in [0.2, 0.25) is 5.52 Å². The van der Waals surface area contributed by atoms with Crippen LogP contribution >= 0.6 is 0 Å². The van der Waals surface area contributed by atoms with Crippen LogP contribution in [-0.2, 0) is 56.0 Å². The molecule has 7 rings (SSSR count). The molecule has 1 aromatic heterocycles. The molecule has 0 aliphatic carbocycles. The minimum atomic E-state index is -6.13. The van der Waals surface area contributed by atoms with Gasteiger partial charge < -0.3 is 0 Å². The number of fused-ring (bicyclic) bond motifs is 1. The lowest BCUT2D eigenvalue weighted by molar-refractivity contribution is -0.662. The van der Waals surface area contributed by atoms with Crippen molar-refractivity contribution >= 4 is 38.9 Å². The topological polar surface area (TPSA) is 3.88 Å². The van der Waals surface area contributed by atoms with Gasteiger partial charge in [-0.25, -0.2) is 4.39 Å². The van der Waals surface area contributed by atoms with E-state index in [1.807, 2.05) is 36.5 Å². The van der Waals surface area contributed by atoms with E-state index in [1.54, 1.807) is 6.07 Å². The Bertz CT molecular complexity index is 2760. The first-order chi connectivity index (χ1) is 34.1. The first kappa shape index (κ1) is 57.3. The van der Waals surface area contributed by atoms with Crippen LogP contribution in [0.1, 0.15) is 50.1 Å². The second kappa shape index (κ2) is 19.6. The summed E-state index contributed by atoms with van der Waals surface area (Å²) in [4.78, 5) is 0. The number of hydrogen-bond donors (Lipinski definition) is 0. The van der Waals surface area contributed by atoms with Crippen LogP contribution in [0, 0.1) is 5.82 Å². The van der Waals surface area contributed by atoms with E-state index in [-0.39, 0.29) is 5.82 Å². The summed E-state index contributed by atoms with van der Waals surface area (Å²) in [7, 11) is 0. The SMILES string of the molecule is FC(F)(F)c1cc([B-](c2cc(C(F)(F)F)cc(C(F)(F)F)c2)(c2cc(C(F)(F)F)cc(C(F)(F)F)c2)c2cc(C(F)(F)F)cc(C(F)(F)F)c2)cc(C(F)(F)F)c1.Fc1ccccc1C[n+]1cccc2ccccc21. The fourth-order valence-corrected chi connectivity index (χ4v) is 8.24. The molecule has 0 N–H and O–H groups in total. The molecular weight excluding hydrogens is 1080 g/mol. The van der Waals surface area contributed by atoms with Gasteiger partial charge in [-0.05, 0) is 48.5 Å². The number of alkyl halides is 24. The average Bonchev–Trinajstić information content (AvgIpc) is 3.28. The van der Waals surface area contributed by atoms with Crippen molar-refractivity contribution in [2.24, 2.45) is 0 Å². The van der Waals surface area contributed by atoms with Gasteiger partial charge in [-0.2, -0.15) is 132 Å². The van der Waals surface area contributed by atoms with Crippen molar-refractivity contribution in [1.82, 2.24) is 0 Å². The van der Waals surface area contributed by atoms with E-state index < -0.39 is 195 Å². The Labute approximate surface area is 404 Å². The number of pyridine rings is 1. The Kier molecular flexibility index (Phi) is 15.0. The quantitative estimate of drug-likeness (QED) is 0.0888. The van der Waals surface area contributed by atoms with Gasteiger partial charge in [-0.1, -0.05) is 72.8 Å². The van der Waals surface area contributed by atoms with Crippen LogP contribution in [0.15, 0.2) is 140 Å². The highest BCUT2D eigenvalue weighted by Gasteiger charge is 2.47. The smallest absolute Gasteiger partial charge is 0.206 e. The molecule has 0 bridgehead atoms. The first-order valence-corrected chi connectivity index (χ1v) is 20.6. The molecule has 400 valence electrons. The van der Waals surface area contributed by atoms with Gasteiger partial charge in [0.15, 0.2) is 12.7 Å². The predicted octanol–water partition coefficient (Wildman–Crippen LogP) is 14.5. The van der Waals surface area contributed by atoms with Gasteiger partial charge in [0.1, 0.15) is 12.0 Å². The molecule has 0 spiro atoms. The van der Waals surface area contributed by atoms with E-state index in [4.69, 9.17) is 0 Å². The summed E-state index contributed by atoms with van der Waals surface area (Å²) in [6.07, 6.45) is -52.8. The Morgan fingerprint density at radius 3 is 0.840 bits per heavy atom. The average molecular weight is 1100 g/mol. The molecule has 0 saturated heterocycles. The van der Waals surface area contributed by atoms with Gasteiger partial charge in [0.05, 0.1) is 50.1 Å². The van der Waals surface area contributed by atoms with Crippen LogP contribution in [0.2, 0.25) is 0 Å². The zero-order valence-electron chi connectivity index (χ0n) is 36.5. The Morgan fingerprint density at radius 2 is 0.560 bits per heavy atom. The summed E-state index contributed by atoms with van der Waals surface area (Å²) < 4.78 is 357. The minimum absolute atomic E-state index is 0.155. The third-order valence-corrected chi connectivity index (χ3v) is 11.5. The molecule has 0 saturated carbocycles. The minimum Gasteiger partial charge on any atom is -0.206 e. The lowest BCUT2D eigenvalue weighted by Gasteiger charge is -2.46. The summed E-state index contributed by atoms with van der Waals surface area (Å²) in [6, 6.07) is 10.3. The molecule has 0 amide bonds. The second-order valence-electron chi connectivity index (χ2n) is 16.5. The molecule has 0 radical (unpaired) electrons. The van der Waals surface area contributed by atoms with Crippen molar-refractivity contribution in [3.8, 4) is 0 Å². The molecule has 0 fully saturated rings. The Hall–Kier alpha value is -6.96. The van der Waals surface area contributed by atoms with Crippen LogP contribution in [0.4, 0.5) is 110 Å². The van der Waals surface area contributed by atoms with Crippen molar-refractivity contribution < 1.29 is 114 Å². The Morgan fingerprint density at radius 1 is 0.307 bits per heavy atom. The maximum Gasteiger partial charge on any atom is 0.416 e. The maximum atomic E-state index is 14.2. The summed E-state index contributed by atoms with van der Waals surface area (Å²) in [6.45, 7) is 0.550. The lowest BCUT2D eigenvalue weighted by Crippen LogP contribution is -2.75. The molecule has 6 aromatic carbocycles. The zero-order valence-corrected chi connectivity index (χ0v) is 36.5. The van der Waals surface area contributed by atoms with Crippen molar-refractivity contribution in [3.05, 3.63) is 196 Å². The van der Waals surface area contributed by atoms with Gasteiger partial charge in [-0.15, -0.1) is 0 Å². The molecule has 0 unspecified atom stereocenters. The molecule has 0 aliphatic heterocycles. The Balaban J connectivity index is 0.000000421. The molecule has 27 heteroatoms. The van der Waals surface area contributed by atoms with Gasteiger partial charge in [0.25, 0.3) is 0 Å². The molecule has 75 heavy (non-hydrogen) atoms. The standard InChI is InChI=1S/C32H12BF24.C16H13FN/c34-25(35,36)13-1-14(26(37,38)39)6-21(5-13)33(22-7-15(27(40,41)42)2-16(8-22)28(43,44)45,23-9-17(29(46,47)48)3-18(10-23)30(49,50)51)24-11-19(31(52,53)54)4-20(12-24)32(55,56)57;17-15-9-3-1-7-14(15)12-18-11-5-8-13-6-2-4-10-16(13)18/h1-12H;1-11H,12H2/q-1;+1. The van der Waals surface area contributed by atoms with Crippen molar-refractivity contribution in [2.45, 2.75) is 56.0 Å². The molecular formula is C48H25BF25N. The first-order valence-electron chi connectivity index (χ1n) is 20.6. The number of halogens is 25. The van der Waals surface area contributed by atoms with E-state index in [0.717, 1.165) is 10.9 Å². The summed E-state index contributed by atoms with van der Waals surface area (Å²) >= 11 is 0. The third-order valence-electron chi connectivity index (χ3n) is 11.5. The predicted molar refractivity (Wildman–Crippen MR) is 220 cm³/mol. The van der Waals surface area contributed by atoms with Gasteiger partial charge in [0, 0.05) is 17.5 Å². The van der Waals surface area contributed by atoms with Crippen molar-refractivity contribution in [3.63, 3.8) is 0 Å². The maximum absolute atomic E-state index is 14.2. The normalized spacial score (nSPS) is 13.5. The van der Waals surface area contributed by atoms with Crippen LogP contribution in [0.5, 0.6) is 0 Å². The number of nitrogens with zero attached hydrogens (tertiary/aromatic N) is 1. The molecule has 7 aromatic rings. The van der Waals surface area contributed by atoms with Crippen LogP contribution < -0.4 is 26.4 Å². The van der Waals surface area contributed by atoms with E-state index >= 15 is 0 Å². The number of hydrogen-bond acceptors (Lipinski definition) is 0. The fourth-order valence-electron chi connectivity index (χ4n) is 8.24. The second-order valence-corrected chi connectivity index (χ2v) is 16.5. The molecule has 1 heterocycles. The molecule has 1 nitrogen and oxygen atoms in total. The number of benzene rings is 6. The lowest BCUT2D eigenvalue weighted by atomic mass is 9.12. The summed E-state index contributed by atoms with van der Waals surface area (Å²) in [5.41, 5.74) is -28.4. The van der Waals surface area contributed by atoms with E-state index in [9.17, 15) is 110 Å². The number of aromatic nitrogens is 1. The molecule has 0 atom stereocenters. The molecule has 0 aliphatic rings. The van der Waals surface area contributed by atoms with Crippen LogP contribution in [-0.4, -0.2) is 6.15 Å². The van der Waals surface area contributed by atoms with Crippen molar-refractivity contribution in [2.75, 3.05) is 0 Å². The van der Waals surface area contributed by atoms with E-state index in [1.165, 1.54) is 6.07 Å². The third kappa shape index (κ3) is 12.8. The summed E-state index contributed by atoms with van der Waals surface area (Å²) in [5, 5.41) is 1.16.